The number of aliphatic imine (C=N–C) groups is 1. The highest BCUT2D eigenvalue weighted by atomic mass is 32.2. The Kier molecular flexibility index (Phi) is 5.65. The number of ether oxygens (including phenoxy) is 1. The average Bonchev–Trinajstić information content (AvgIpc) is 2.95. The molecule has 3 aromatic rings. The molecule has 0 radical (unpaired) electrons. The smallest absolute Gasteiger partial charge is 0.243 e. The van der Waals surface area contributed by atoms with Gasteiger partial charge in [0, 0.05) is 25.7 Å². The predicted molar refractivity (Wildman–Crippen MR) is 130 cm³/mol. The second-order valence-corrected chi connectivity index (χ2v) is 10.8. The van der Waals surface area contributed by atoms with E-state index in [2.05, 4.69) is 4.90 Å². The summed E-state index contributed by atoms with van der Waals surface area (Å²) in [5.41, 5.74) is 3.77. The van der Waals surface area contributed by atoms with E-state index in [1.165, 1.54) is 22.5 Å². The lowest BCUT2D eigenvalue weighted by Gasteiger charge is -2.40. The molecule has 5 rings (SSSR count). The van der Waals surface area contributed by atoms with Crippen LogP contribution in [0.25, 0.3) is 0 Å². The molecule has 1 fully saturated rings. The molecule has 6 nitrogen and oxygen atoms in total. The van der Waals surface area contributed by atoms with Crippen LogP contribution in [0.15, 0.2) is 70.6 Å². The van der Waals surface area contributed by atoms with Crippen LogP contribution in [0.1, 0.15) is 23.6 Å². The molecule has 0 N–H and O–H groups in total. The van der Waals surface area contributed by atoms with E-state index >= 15 is 0 Å². The minimum Gasteiger partial charge on any atom is -0.454 e. The molecule has 0 amide bonds. The fourth-order valence-corrected chi connectivity index (χ4v) is 6.14. The van der Waals surface area contributed by atoms with E-state index in [0.29, 0.717) is 18.8 Å². The molecule has 1 atom stereocenters. The molecule has 0 bridgehead atoms. The van der Waals surface area contributed by atoms with Crippen molar-refractivity contribution in [3.8, 4) is 11.5 Å². The van der Waals surface area contributed by atoms with Crippen LogP contribution < -0.4 is 4.74 Å². The van der Waals surface area contributed by atoms with Gasteiger partial charge in [-0.1, -0.05) is 23.8 Å². The van der Waals surface area contributed by atoms with Gasteiger partial charge in [0.2, 0.25) is 10.0 Å². The Bertz CT molecular complexity index is 1400. The van der Waals surface area contributed by atoms with Gasteiger partial charge in [0.1, 0.15) is 23.1 Å². The third kappa shape index (κ3) is 4.08. The highest BCUT2D eigenvalue weighted by Crippen LogP contribution is 2.39. The van der Waals surface area contributed by atoms with E-state index in [9.17, 15) is 12.8 Å². The number of piperazine rings is 1. The molecular weight excluding hydrogens is 453 g/mol. The van der Waals surface area contributed by atoms with Crippen molar-refractivity contribution in [2.24, 2.45) is 4.99 Å². The molecule has 0 saturated carbocycles. The van der Waals surface area contributed by atoms with Crippen molar-refractivity contribution in [2.45, 2.75) is 31.7 Å². The van der Waals surface area contributed by atoms with Crippen LogP contribution in [0.4, 0.5) is 10.1 Å². The topological polar surface area (TPSA) is 62.2 Å². The molecule has 2 aliphatic heterocycles. The summed E-state index contributed by atoms with van der Waals surface area (Å²) in [6.45, 7) is 7.06. The van der Waals surface area contributed by atoms with Crippen LogP contribution in [0.3, 0.4) is 0 Å². The quantitative estimate of drug-likeness (QED) is 0.518. The zero-order valence-electron chi connectivity index (χ0n) is 19.3. The first-order valence-corrected chi connectivity index (χ1v) is 12.7. The Balaban J connectivity index is 1.50. The Morgan fingerprint density at radius 3 is 2.50 bits per heavy atom. The van der Waals surface area contributed by atoms with E-state index in [-0.39, 0.29) is 17.5 Å². The molecule has 0 spiro atoms. The van der Waals surface area contributed by atoms with Crippen molar-refractivity contribution in [3.63, 3.8) is 0 Å². The van der Waals surface area contributed by atoms with Crippen LogP contribution in [-0.4, -0.2) is 49.1 Å². The fraction of sp³-hybridized carbons (Fsp3) is 0.269. The molecule has 0 aromatic heterocycles. The number of amidine groups is 1. The molecular formula is C26H26FN3O3S. The average molecular weight is 480 g/mol. The Morgan fingerprint density at radius 2 is 1.74 bits per heavy atom. The monoisotopic (exact) mass is 479 g/mol. The third-order valence-corrected chi connectivity index (χ3v) is 8.22. The summed E-state index contributed by atoms with van der Waals surface area (Å²) in [4.78, 5) is 7.06. The lowest BCUT2D eigenvalue weighted by molar-refractivity contribution is 0.205. The van der Waals surface area contributed by atoms with Gasteiger partial charge < -0.3 is 9.64 Å². The van der Waals surface area contributed by atoms with Crippen molar-refractivity contribution in [1.29, 1.82) is 0 Å². The van der Waals surface area contributed by atoms with Crippen LogP contribution >= 0.6 is 0 Å². The van der Waals surface area contributed by atoms with Gasteiger partial charge in [-0.25, -0.2) is 17.8 Å². The van der Waals surface area contributed by atoms with Gasteiger partial charge in [-0.15, -0.1) is 0 Å². The van der Waals surface area contributed by atoms with Crippen LogP contribution in [-0.2, 0) is 10.0 Å². The predicted octanol–water partition coefficient (Wildman–Crippen LogP) is 5.02. The summed E-state index contributed by atoms with van der Waals surface area (Å²) in [5.74, 6) is 1.61. The van der Waals surface area contributed by atoms with Crippen molar-refractivity contribution >= 4 is 21.5 Å². The zero-order chi connectivity index (χ0) is 24.0. The van der Waals surface area contributed by atoms with Gasteiger partial charge in [0.25, 0.3) is 0 Å². The van der Waals surface area contributed by atoms with E-state index in [0.717, 1.165) is 40.0 Å². The molecule has 3 aromatic carbocycles. The number of hydrogen-bond acceptors (Lipinski definition) is 5. The number of halogens is 1. The number of aryl methyl sites for hydroxylation is 2. The molecule has 34 heavy (non-hydrogen) atoms. The first-order chi connectivity index (χ1) is 16.2. The molecule has 0 aliphatic carbocycles. The minimum atomic E-state index is -3.81. The van der Waals surface area contributed by atoms with Gasteiger partial charge in [0.05, 0.1) is 10.5 Å². The van der Waals surface area contributed by atoms with Crippen LogP contribution in [0, 0.1) is 19.7 Å². The summed E-state index contributed by atoms with van der Waals surface area (Å²) in [5, 5.41) is 0. The summed E-state index contributed by atoms with van der Waals surface area (Å²) >= 11 is 0. The number of hydrogen-bond donors (Lipinski definition) is 0. The van der Waals surface area contributed by atoms with E-state index in [1.807, 2.05) is 57.2 Å². The zero-order valence-corrected chi connectivity index (χ0v) is 20.1. The normalized spacial score (nSPS) is 18.4. The first kappa shape index (κ1) is 22.6. The Labute approximate surface area is 199 Å². The minimum absolute atomic E-state index is 0.0294. The number of rotatable bonds is 2. The number of nitrogens with zero attached hydrogens (tertiary/aromatic N) is 3. The Morgan fingerprint density at radius 1 is 0.971 bits per heavy atom. The summed E-state index contributed by atoms with van der Waals surface area (Å²) in [7, 11) is -3.81. The molecule has 8 heteroatoms. The van der Waals surface area contributed by atoms with Crippen molar-refractivity contribution in [2.75, 3.05) is 19.6 Å². The van der Waals surface area contributed by atoms with Gasteiger partial charge in [-0.05, 0) is 68.8 Å². The number of benzene rings is 3. The van der Waals surface area contributed by atoms with E-state index in [4.69, 9.17) is 9.73 Å². The maximum absolute atomic E-state index is 13.7. The van der Waals surface area contributed by atoms with Gasteiger partial charge >= 0.3 is 0 Å². The van der Waals surface area contributed by atoms with Gasteiger partial charge in [-0.2, -0.15) is 4.31 Å². The Hall–Kier alpha value is -3.23. The maximum atomic E-state index is 13.7. The highest BCUT2D eigenvalue weighted by Gasteiger charge is 2.36. The lowest BCUT2D eigenvalue weighted by Crippen LogP contribution is -2.55. The SMILES string of the molecule is Cc1ccc2c(c1)Oc1ccc(C)cc1C(N1CCN(S(=O)(=O)c3cccc(F)c3)C(C)C1)=N2. The standard InChI is InChI=1S/C26H26FN3O3S/c1-17-8-10-24-22(13-17)26(28-23-9-7-18(2)14-25(23)33-24)29-11-12-30(19(3)16-29)34(31,32)21-6-4-5-20(27)15-21/h4-10,13-15,19H,11-12,16H2,1-3H3. The summed E-state index contributed by atoms with van der Waals surface area (Å²) < 4.78 is 47.8. The van der Waals surface area contributed by atoms with Crippen LogP contribution in [0.2, 0.25) is 0 Å². The maximum Gasteiger partial charge on any atom is 0.243 e. The van der Waals surface area contributed by atoms with E-state index < -0.39 is 15.8 Å². The van der Waals surface area contributed by atoms with Crippen molar-refractivity contribution in [3.05, 3.63) is 83.2 Å². The van der Waals surface area contributed by atoms with Crippen molar-refractivity contribution < 1.29 is 17.5 Å². The summed E-state index contributed by atoms with van der Waals surface area (Å²) in [6.07, 6.45) is 0. The second kappa shape index (κ2) is 8.52. The fourth-order valence-electron chi connectivity index (χ4n) is 4.49. The molecule has 1 saturated heterocycles. The first-order valence-electron chi connectivity index (χ1n) is 11.2. The third-order valence-electron chi connectivity index (χ3n) is 6.21. The number of sulfonamides is 1. The molecule has 2 aliphatic rings. The van der Waals surface area contributed by atoms with E-state index in [1.54, 1.807) is 0 Å². The van der Waals surface area contributed by atoms with Gasteiger partial charge in [0.15, 0.2) is 5.75 Å². The molecule has 2 heterocycles. The largest absolute Gasteiger partial charge is 0.454 e. The molecule has 176 valence electrons. The second-order valence-electron chi connectivity index (χ2n) is 8.88. The van der Waals surface area contributed by atoms with Gasteiger partial charge in [-0.3, -0.25) is 0 Å². The van der Waals surface area contributed by atoms with Crippen molar-refractivity contribution in [1.82, 2.24) is 9.21 Å². The van der Waals surface area contributed by atoms with Crippen LogP contribution in [0.5, 0.6) is 11.5 Å². The number of fused-ring (bicyclic) bond motifs is 2. The lowest BCUT2D eigenvalue weighted by atomic mass is 10.1. The molecule has 1 unspecified atom stereocenters. The summed E-state index contributed by atoms with van der Waals surface area (Å²) in [6, 6.07) is 16.7. The highest BCUT2D eigenvalue weighted by molar-refractivity contribution is 7.89.